The summed E-state index contributed by atoms with van der Waals surface area (Å²) in [6.45, 7) is -1.45. The summed E-state index contributed by atoms with van der Waals surface area (Å²) >= 11 is 0. The zero-order valence-corrected chi connectivity index (χ0v) is 23.7. The number of halogens is 8. The zero-order chi connectivity index (χ0) is 33.6. The van der Waals surface area contributed by atoms with Gasteiger partial charge in [0.15, 0.2) is 0 Å². The van der Waals surface area contributed by atoms with Crippen LogP contribution < -0.4 is 10.1 Å². The highest BCUT2D eigenvalue weighted by Gasteiger charge is 2.52. The quantitative estimate of drug-likeness (QED) is 0.211. The Bertz CT molecular complexity index is 1690. The van der Waals surface area contributed by atoms with E-state index in [1.54, 1.807) is 11.9 Å². The maximum atomic E-state index is 13.8. The Kier molecular flexibility index (Phi) is 8.44. The van der Waals surface area contributed by atoms with Gasteiger partial charge in [-0.1, -0.05) is 18.2 Å². The van der Waals surface area contributed by atoms with E-state index in [0.717, 1.165) is 17.1 Å². The third kappa shape index (κ3) is 6.34. The van der Waals surface area contributed by atoms with Crippen molar-refractivity contribution in [2.24, 2.45) is 0 Å². The van der Waals surface area contributed by atoms with Crippen molar-refractivity contribution in [2.45, 2.75) is 50.8 Å². The molecule has 1 aromatic heterocycles. The van der Waals surface area contributed by atoms with Crippen molar-refractivity contribution < 1.29 is 54.6 Å². The van der Waals surface area contributed by atoms with Gasteiger partial charge in [-0.15, -0.1) is 0 Å². The summed E-state index contributed by atoms with van der Waals surface area (Å²) in [5.74, 6) is -2.96. The lowest BCUT2D eigenvalue weighted by Gasteiger charge is -2.46. The van der Waals surface area contributed by atoms with E-state index in [2.05, 4.69) is 15.0 Å². The van der Waals surface area contributed by atoms with E-state index in [9.17, 15) is 49.8 Å². The number of hydrogen-bond acceptors (Lipinski definition) is 6. The molecule has 2 aliphatic rings. The molecule has 0 radical (unpaired) electrons. The first-order valence-electron chi connectivity index (χ1n) is 13.6. The van der Waals surface area contributed by atoms with E-state index < -0.39 is 58.9 Å². The number of anilines is 1. The number of fused-ring (bicyclic) bond motifs is 1. The smallest absolute Gasteiger partial charge is 0.433 e. The minimum Gasteiger partial charge on any atom is -0.509 e. The normalized spacial score (nSPS) is 19.1. The van der Waals surface area contributed by atoms with Gasteiger partial charge in [-0.05, 0) is 61.7 Å². The predicted molar refractivity (Wildman–Crippen MR) is 146 cm³/mol. The van der Waals surface area contributed by atoms with Crippen LogP contribution in [0.25, 0.3) is 11.1 Å². The van der Waals surface area contributed by atoms with Gasteiger partial charge in [0.05, 0.1) is 17.6 Å². The number of hydrogen-bond donors (Lipinski definition) is 2. The first-order chi connectivity index (χ1) is 21.5. The first-order valence-corrected chi connectivity index (χ1v) is 13.6. The largest absolute Gasteiger partial charge is 0.509 e. The predicted octanol–water partition coefficient (Wildman–Crippen LogP) is 6.95. The topological polar surface area (TPSA) is 95.0 Å². The van der Waals surface area contributed by atoms with Crippen LogP contribution in [-0.2, 0) is 28.5 Å². The van der Waals surface area contributed by atoms with Crippen LogP contribution in [0.3, 0.4) is 0 Å². The van der Waals surface area contributed by atoms with Crippen molar-refractivity contribution in [2.75, 3.05) is 11.9 Å². The number of carbonyl (C=O) groups is 2. The molecule has 2 N–H and O–H groups in total. The molecule has 2 aliphatic heterocycles. The number of aliphatic hydroxyl groups excluding tert-OH is 1. The summed E-state index contributed by atoms with van der Waals surface area (Å²) in [5.41, 5.74) is -4.96. The Morgan fingerprint density at radius 2 is 1.80 bits per heavy atom. The lowest BCUT2D eigenvalue weighted by atomic mass is 9.90. The van der Waals surface area contributed by atoms with Gasteiger partial charge in [0.25, 0.3) is 11.8 Å². The van der Waals surface area contributed by atoms with E-state index in [1.165, 1.54) is 24.3 Å². The summed E-state index contributed by atoms with van der Waals surface area (Å²) in [6, 6.07) is 9.07. The number of alkyl halides is 8. The molecule has 0 bridgehead atoms. The number of benzene rings is 2. The number of aliphatic hydroxyl groups is 1. The minimum atomic E-state index is -4.85. The van der Waals surface area contributed by atoms with Crippen LogP contribution >= 0.6 is 0 Å². The molecule has 5 rings (SSSR count). The number of rotatable bonds is 7. The van der Waals surface area contributed by atoms with E-state index in [4.69, 9.17) is 0 Å². The number of hydrazine groups is 1. The van der Waals surface area contributed by atoms with Gasteiger partial charge < -0.3 is 15.2 Å². The van der Waals surface area contributed by atoms with Crippen molar-refractivity contribution in [3.8, 4) is 16.9 Å². The second-order valence-electron chi connectivity index (χ2n) is 10.8. The molecule has 3 aromatic rings. The summed E-state index contributed by atoms with van der Waals surface area (Å²) in [5, 5.41) is 16.3. The average molecular weight is 657 g/mol. The SMILES string of the molecule is C[C@]12CCCN1N(Cc1cccc(OC(F)F)c1)C(=O)C(C(=O)Nc1ccc(C(F)(F)F)cc1-c1ccc(C(F)(F)F)nc1)=C2O. The lowest BCUT2D eigenvalue weighted by Crippen LogP contribution is -2.60. The summed E-state index contributed by atoms with van der Waals surface area (Å²) < 4.78 is 110. The van der Waals surface area contributed by atoms with Gasteiger partial charge in [-0.3, -0.25) is 19.6 Å². The molecule has 8 nitrogen and oxygen atoms in total. The van der Waals surface area contributed by atoms with Crippen LogP contribution in [0.5, 0.6) is 5.75 Å². The second kappa shape index (κ2) is 11.9. The fourth-order valence-electron chi connectivity index (χ4n) is 5.51. The van der Waals surface area contributed by atoms with Crippen LogP contribution in [0.1, 0.15) is 36.6 Å². The fraction of sp³-hybridized carbons (Fsp3) is 0.300. The molecule has 1 saturated heterocycles. The molecule has 244 valence electrons. The van der Waals surface area contributed by atoms with E-state index >= 15 is 0 Å². The molecular weight excluding hydrogens is 632 g/mol. The maximum Gasteiger partial charge on any atom is 0.433 e. The lowest BCUT2D eigenvalue weighted by molar-refractivity contribution is -0.160. The Morgan fingerprint density at radius 1 is 1.07 bits per heavy atom. The molecule has 0 unspecified atom stereocenters. The zero-order valence-electron chi connectivity index (χ0n) is 23.7. The van der Waals surface area contributed by atoms with Gasteiger partial charge in [-0.2, -0.15) is 35.1 Å². The van der Waals surface area contributed by atoms with Crippen LogP contribution in [0.15, 0.2) is 72.1 Å². The highest BCUT2D eigenvalue weighted by Crippen LogP contribution is 2.43. The highest BCUT2D eigenvalue weighted by molar-refractivity contribution is 6.24. The number of amides is 2. The van der Waals surface area contributed by atoms with E-state index in [1.807, 2.05) is 0 Å². The highest BCUT2D eigenvalue weighted by atomic mass is 19.4. The Hall–Kier alpha value is -4.73. The Morgan fingerprint density at radius 3 is 2.43 bits per heavy atom. The number of ether oxygens (including phenoxy) is 1. The Labute approximate surface area is 255 Å². The average Bonchev–Trinajstić information content (AvgIpc) is 3.37. The number of nitrogens with one attached hydrogen (secondary N) is 1. The number of aromatic nitrogens is 1. The van der Waals surface area contributed by atoms with Crippen molar-refractivity contribution in [1.82, 2.24) is 15.0 Å². The first kappa shape index (κ1) is 32.7. The molecule has 46 heavy (non-hydrogen) atoms. The van der Waals surface area contributed by atoms with Crippen molar-refractivity contribution in [3.63, 3.8) is 0 Å². The van der Waals surface area contributed by atoms with Gasteiger partial charge >= 0.3 is 19.0 Å². The van der Waals surface area contributed by atoms with Crippen LogP contribution in [-0.4, -0.2) is 50.6 Å². The molecule has 2 aromatic carbocycles. The number of nitrogens with zero attached hydrogens (tertiary/aromatic N) is 3. The molecule has 0 saturated carbocycles. The third-order valence-corrected chi connectivity index (χ3v) is 7.73. The molecule has 16 heteroatoms. The van der Waals surface area contributed by atoms with Crippen molar-refractivity contribution in [3.05, 3.63) is 88.9 Å². The maximum absolute atomic E-state index is 13.8. The van der Waals surface area contributed by atoms with Crippen molar-refractivity contribution >= 4 is 17.5 Å². The number of pyridine rings is 1. The standard InChI is InChI=1S/C30H24F8N4O4/c1-28-10-3-11-42(28)41(15-16-4-2-5-19(12-16)46-27(31)32)26(45)23(24(28)43)25(44)40-21-8-7-18(29(33,34)35)13-20(21)17-6-9-22(39-14-17)30(36,37)38/h2,4-9,12-14,27,43H,3,10-11,15H2,1H3,(H,40,44)/t28-/m1/s1. The van der Waals surface area contributed by atoms with Crippen LogP contribution in [0.2, 0.25) is 0 Å². The summed E-state index contributed by atoms with van der Waals surface area (Å²) in [6.07, 6.45) is -8.17. The number of carbonyl (C=O) groups excluding carboxylic acids is 2. The summed E-state index contributed by atoms with van der Waals surface area (Å²) in [4.78, 5) is 30.7. The fourth-order valence-corrected chi connectivity index (χ4v) is 5.51. The summed E-state index contributed by atoms with van der Waals surface area (Å²) in [7, 11) is 0. The molecule has 1 fully saturated rings. The Balaban J connectivity index is 1.51. The van der Waals surface area contributed by atoms with E-state index in [-0.39, 0.29) is 29.1 Å². The van der Waals surface area contributed by atoms with E-state index in [0.29, 0.717) is 49.3 Å². The molecule has 0 aliphatic carbocycles. The third-order valence-electron chi connectivity index (χ3n) is 7.73. The van der Waals surface area contributed by atoms with Gasteiger partial charge in [0.1, 0.15) is 22.8 Å². The monoisotopic (exact) mass is 656 g/mol. The molecule has 2 amide bonds. The molecule has 1 atom stereocenters. The second-order valence-corrected chi connectivity index (χ2v) is 10.8. The van der Waals surface area contributed by atoms with Crippen molar-refractivity contribution in [1.29, 1.82) is 0 Å². The van der Waals surface area contributed by atoms with Gasteiger partial charge in [0.2, 0.25) is 0 Å². The van der Waals surface area contributed by atoms with Crippen LogP contribution in [0.4, 0.5) is 40.8 Å². The molecular formula is C30H24F8N4O4. The van der Waals surface area contributed by atoms with Gasteiger partial charge in [-0.25, -0.2) is 5.01 Å². The van der Waals surface area contributed by atoms with Crippen LogP contribution in [0, 0.1) is 0 Å². The van der Waals surface area contributed by atoms with Gasteiger partial charge in [0, 0.05) is 29.6 Å². The molecule has 0 spiro atoms. The minimum absolute atomic E-state index is 0.176. The molecule has 3 heterocycles.